The topological polar surface area (TPSA) is 175 Å². The van der Waals surface area contributed by atoms with Crippen molar-refractivity contribution in [2.75, 3.05) is 13.7 Å². The zero-order valence-electron chi connectivity index (χ0n) is 18.1. The maximum absolute atomic E-state index is 12.0. The van der Waals surface area contributed by atoms with E-state index in [1.54, 1.807) is 12.1 Å². The van der Waals surface area contributed by atoms with Crippen molar-refractivity contribution in [3.8, 4) is 11.5 Å². The van der Waals surface area contributed by atoms with Crippen molar-refractivity contribution in [3.63, 3.8) is 0 Å². The third-order valence-electron chi connectivity index (χ3n) is 4.19. The fraction of sp³-hybridized carbons (Fsp3) is 0.238. The maximum atomic E-state index is 12.0. The molecule has 0 atom stereocenters. The van der Waals surface area contributed by atoms with E-state index in [1.165, 1.54) is 49.6 Å². The van der Waals surface area contributed by atoms with Gasteiger partial charge in [-0.25, -0.2) is 18.4 Å². The Hall–Kier alpha value is -3.33. The molecule has 184 valence electrons. The molecule has 0 aliphatic heterocycles. The highest BCUT2D eigenvalue weighted by atomic mass is 32.2. The summed E-state index contributed by atoms with van der Waals surface area (Å²) in [5.74, 6) is -0.779. The molecule has 34 heavy (non-hydrogen) atoms. The Morgan fingerprint density at radius 1 is 1.09 bits per heavy atom. The Balaban J connectivity index is 1.89. The van der Waals surface area contributed by atoms with Gasteiger partial charge in [-0.3, -0.25) is 20.0 Å². The molecule has 0 radical (unpaired) electrons. The molecule has 0 bridgehead atoms. The summed E-state index contributed by atoms with van der Waals surface area (Å²) in [5.41, 5.74) is 1.16. The summed E-state index contributed by atoms with van der Waals surface area (Å²) in [6.45, 7) is -0.161. The van der Waals surface area contributed by atoms with Gasteiger partial charge in [-0.1, -0.05) is 18.2 Å². The Morgan fingerprint density at radius 2 is 1.79 bits per heavy atom. The lowest BCUT2D eigenvalue weighted by atomic mass is 10.2. The summed E-state index contributed by atoms with van der Waals surface area (Å²) in [7, 11) is -2.40. The molecule has 0 unspecified atom stereocenters. The van der Waals surface area contributed by atoms with Crippen molar-refractivity contribution in [2.45, 2.75) is 24.3 Å². The number of esters is 2. The second-order valence-corrected chi connectivity index (χ2v) is 8.27. The molecule has 0 heterocycles. The van der Waals surface area contributed by atoms with Gasteiger partial charge >= 0.3 is 11.9 Å². The number of nitrogens with two attached hydrogens (primary N) is 1. The molecule has 12 nitrogen and oxygen atoms in total. The Labute approximate surface area is 195 Å². The number of hydrogen-bond acceptors (Lipinski definition) is 11. The quantitative estimate of drug-likeness (QED) is 0.128. The molecule has 0 amide bonds. The lowest BCUT2D eigenvalue weighted by Crippen LogP contribution is -2.16. The molecule has 0 fully saturated rings. The van der Waals surface area contributed by atoms with Gasteiger partial charge in [0, 0.05) is 12.5 Å². The third-order valence-corrected chi connectivity index (χ3v) is 5.12. The van der Waals surface area contributed by atoms with Crippen LogP contribution in [0.1, 0.15) is 24.0 Å². The van der Waals surface area contributed by atoms with Crippen LogP contribution in [0.5, 0.6) is 11.5 Å². The number of methoxy groups -OCH3 is 1. The molecule has 2 aromatic carbocycles. The number of ether oxygens (including phenoxy) is 3. The molecule has 0 aromatic heterocycles. The summed E-state index contributed by atoms with van der Waals surface area (Å²) >= 11 is 0. The molecule has 2 aromatic rings. The zero-order valence-corrected chi connectivity index (χ0v) is 18.9. The largest absolute Gasteiger partial charge is 0.493 e. The van der Waals surface area contributed by atoms with Crippen molar-refractivity contribution in [1.82, 2.24) is 5.39 Å². The van der Waals surface area contributed by atoms with Crippen LogP contribution in [0, 0.1) is 0 Å². The van der Waals surface area contributed by atoms with Gasteiger partial charge in [-0.15, -0.1) is 0 Å². The van der Waals surface area contributed by atoms with E-state index >= 15 is 0 Å². The number of carbonyl (C=O) groups is 2. The van der Waals surface area contributed by atoms with Gasteiger partial charge in [-0.05, 0) is 47.9 Å². The fourth-order valence-corrected chi connectivity index (χ4v) is 3.07. The number of carbonyl (C=O) groups excluding carboxylic acids is 2. The molecule has 2 rings (SSSR count). The molecular weight excluding hydrogens is 472 g/mol. The summed E-state index contributed by atoms with van der Waals surface area (Å²) in [6.07, 6.45) is 2.84. The SMILES string of the molecule is COc1cc(/C=C/C(=O)OCc2ccc(S(N)(=O)=O)cc2)ccc1OC(=O)CCCON(O)O. The highest BCUT2D eigenvalue weighted by Gasteiger charge is 2.11. The summed E-state index contributed by atoms with van der Waals surface area (Å²) in [6, 6.07) is 10.3. The van der Waals surface area contributed by atoms with Crippen LogP contribution < -0.4 is 14.6 Å². The Bertz CT molecular complexity index is 1110. The van der Waals surface area contributed by atoms with E-state index in [0.29, 0.717) is 11.1 Å². The van der Waals surface area contributed by atoms with E-state index in [2.05, 4.69) is 4.84 Å². The molecular formula is C21H24N2O10S. The molecule has 13 heteroatoms. The molecule has 0 aliphatic carbocycles. The predicted molar refractivity (Wildman–Crippen MR) is 116 cm³/mol. The van der Waals surface area contributed by atoms with Gasteiger partial charge in [-0.2, -0.15) is 0 Å². The van der Waals surface area contributed by atoms with Crippen molar-refractivity contribution < 1.29 is 47.5 Å². The molecule has 0 spiro atoms. The van der Waals surface area contributed by atoms with Crippen LogP contribution in [-0.2, 0) is 35.8 Å². The average molecular weight is 496 g/mol. The molecule has 0 saturated carbocycles. The van der Waals surface area contributed by atoms with Crippen molar-refractivity contribution in [2.24, 2.45) is 5.14 Å². The second-order valence-electron chi connectivity index (χ2n) is 6.70. The van der Waals surface area contributed by atoms with Crippen LogP contribution in [0.3, 0.4) is 0 Å². The Morgan fingerprint density at radius 3 is 2.41 bits per heavy atom. The molecule has 4 N–H and O–H groups in total. The van der Waals surface area contributed by atoms with E-state index in [1.807, 2.05) is 0 Å². The minimum Gasteiger partial charge on any atom is -0.493 e. The molecule has 0 saturated heterocycles. The van der Waals surface area contributed by atoms with Crippen molar-refractivity contribution in [1.29, 1.82) is 0 Å². The summed E-state index contributed by atoms with van der Waals surface area (Å²) in [5, 5.41) is 21.4. The number of primary sulfonamides is 1. The third kappa shape index (κ3) is 9.27. The van der Waals surface area contributed by atoms with E-state index in [-0.39, 0.29) is 42.4 Å². The first-order valence-corrected chi connectivity index (χ1v) is 11.3. The number of rotatable bonds is 12. The average Bonchev–Trinajstić information content (AvgIpc) is 2.79. The number of nitrogens with zero attached hydrogens (tertiary/aromatic N) is 1. The van der Waals surface area contributed by atoms with Gasteiger partial charge < -0.3 is 14.2 Å². The minimum absolute atomic E-state index is 0.0325. The van der Waals surface area contributed by atoms with Crippen LogP contribution in [0.15, 0.2) is 53.4 Å². The lowest BCUT2D eigenvalue weighted by molar-refractivity contribution is -0.492. The zero-order chi connectivity index (χ0) is 25.1. The van der Waals surface area contributed by atoms with E-state index in [9.17, 15) is 18.0 Å². The van der Waals surface area contributed by atoms with Crippen molar-refractivity contribution in [3.05, 3.63) is 59.7 Å². The van der Waals surface area contributed by atoms with Gasteiger partial charge in [0.1, 0.15) is 6.61 Å². The van der Waals surface area contributed by atoms with Crippen molar-refractivity contribution >= 4 is 28.0 Å². The van der Waals surface area contributed by atoms with Gasteiger partial charge in [0.2, 0.25) is 10.0 Å². The highest BCUT2D eigenvalue weighted by molar-refractivity contribution is 7.89. The maximum Gasteiger partial charge on any atom is 0.331 e. The minimum atomic E-state index is -3.79. The first-order chi connectivity index (χ1) is 16.1. The Kier molecular flexibility index (Phi) is 10.1. The van der Waals surface area contributed by atoms with Crippen LogP contribution in [0.25, 0.3) is 6.08 Å². The van der Waals surface area contributed by atoms with Crippen LogP contribution >= 0.6 is 0 Å². The van der Waals surface area contributed by atoms with Crippen LogP contribution in [0.4, 0.5) is 0 Å². The first kappa shape index (κ1) is 26.9. The normalized spacial score (nSPS) is 11.6. The van der Waals surface area contributed by atoms with Crippen LogP contribution in [-0.4, -0.2) is 49.9 Å². The van der Waals surface area contributed by atoms with Gasteiger partial charge in [0.25, 0.3) is 0 Å². The number of sulfonamides is 1. The smallest absolute Gasteiger partial charge is 0.331 e. The molecule has 0 aliphatic rings. The number of benzene rings is 2. The summed E-state index contributed by atoms with van der Waals surface area (Å²) < 4.78 is 38.1. The van der Waals surface area contributed by atoms with E-state index < -0.39 is 27.4 Å². The number of hydrogen-bond donors (Lipinski definition) is 3. The van der Waals surface area contributed by atoms with Crippen LogP contribution in [0.2, 0.25) is 0 Å². The van der Waals surface area contributed by atoms with E-state index in [0.717, 1.165) is 0 Å². The fourth-order valence-electron chi connectivity index (χ4n) is 2.55. The first-order valence-electron chi connectivity index (χ1n) is 9.74. The predicted octanol–water partition coefficient (Wildman–Crippen LogP) is 1.80. The second kappa shape index (κ2) is 12.8. The highest BCUT2D eigenvalue weighted by Crippen LogP contribution is 2.29. The van der Waals surface area contributed by atoms with Gasteiger partial charge in [0.15, 0.2) is 11.5 Å². The van der Waals surface area contributed by atoms with E-state index in [4.69, 9.17) is 29.8 Å². The summed E-state index contributed by atoms with van der Waals surface area (Å²) in [4.78, 5) is 28.2. The van der Waals surface area contributed by atoms with Gasteiger partial charge in [0.05, 0.1) is 24.0 Å². The lowest BCUT2D eigenvalue weighted by Gasteiger charge is -2.10. The standard InChI is InChI=1S/C21H24N2O10S/c1-30-19-13-15(6-10-18(19)33-21(25)3-2-12-32-23(26)27)7-11-20(24)31-14-16-4-8-17(9-5-16)34(22,28)29/h4-11,13,26-27H,2-3,12,14H2,1H3,(H2,22,28,29)/b11-7+. The monoisotopic (exact) mass is 496 g/mol.